The van der Waals surface area contributed by atoms with Crippen molar-refractivity contribution in [3.63, 3.8) is 0 Å². The fourth-order valence-corrected chi connectivity index (χ4v) is 3.21. The number of furan rings is 1. The monoisotopic (exact) mass is 387 g/mol. The van der Waals surface area contributed by atoms with Crippen LogP contribution in [0.5, 0.6) is 0 Å². The zero-order chi connectivity index (χ0) is 20.4. The van der Waals surface area contributed by atoms with Crippen molar-refractivity contribution < 1.29 is 18.7 Å². The Balaban J connectivity index is 2.14. The van der Waals surface area contributed by atoms with Crippen LogP contribution in [0.25, 0.3) is 0 Å². The molecule has 0 spiro atoms. The van der Waals surface area contributed by atoms with E-state index in [2.05, 4.69) is 18.1 Å². The average molecular weight is 387 g/mol. The van der Waals surface area contributed by atoms with Crippen LogP contribution in [0.4, 0.5) is 4.39 Å². The summed E-state index contributed by atoms with van der Waals surface area (Å²) in [6, 6.07) is 10.4. The van der Waals surface area contributed by atoms with Gasteiger partial charge < -0.3 is 14.3 Å². The molecule has 0 unspecified atom stereocenters. The molecule has 0 atom stereocenters. The maximum atomic E-state index is 14.1. The second-order valence-corrected chi connectivity index (χ2v) is 6.93. The van der Waals surface area contributed by atoms with E-state index in [1.165, 1.54) is 6.07 Å². The summed E-state index contributed by atoms with van der Waals surface area (Å²) in [4.78, 5) is 2.11. The van der Waals surface area contributed by atoms with Crippen molar-refractivity contribution in [1.29, 1.82) is 0 Å². The summed E-state index contributed by atoms with van der Waals surface area (Å²) in [5, 5.41) is 10.9. The molecule has 5 heteroatoms. The number of hydrogen-bond acceptors (Lipinski definition) is 4. The van der Waals surface area contributed by atoms with Gasteiger partial charge in [0.1, 0.15) is 22.9 Å². The van der Waals surface area contributed by atoms with Gasteiger partial charge in [0.05, 0.1) is 6.54 Å². The Kier molecular flexibility index (Phi) is 8.64. The molecule has 0 saturated carbocycles. The van der Waals surface area contributed by atoms with Gasteiger partial charge >= 0.3 is 0 Å². The fraction of sp³-hybridized carbons (Fsp3) is 0.391. The van der Waals surface area contributed by atoms with Crippen LogP contribution < -0.4 is 0 Å². The van der Waals surface area contributed by atoms with Crippen LogP contribution in [0.15, 0.2) is 66.1 Å². The SMILES string of the molecule is C=CCC(O)(CC=C)c1ccc(CN(CCCOC)Cc2ccccc2F)o1. The molecule has 1 aromatic heterocycles. The van der Waals surface area contributed by atoms with Crippen LogP contribution in [-0.4, -0.2) is 30.3 Å². The molecule has 2 aromatic rings. The third-order valence-electron chi connectivity index (χ3n) is 4.64. The second kappa shape index (κ2) is 11.0. The molecule has 0 radical (unpaired) electrons. The normalized spacial score (nSPS) is 11.7. The maximum Gasteiger partial charge on any atom is 0.136 e. The lowest BCUT2D eigenvalue weighted by molar-refractivity contribution is 0.0186. The zero-order valence-electron chi connectivity index (χ0n) is 16.6. The number of methoxy groups -OCH3 is 1. The average Bonchev–Trinajstić information content (AvgIpc) is 3.13. The van der Waals surface area contributed by atoms with E-state index >= 15 is 0 Å². The van der Waals surface area contributed by atoms with E-state index in [-0.39, 0.29) is 5.82 Å². The van der Waals surface area contributed by atoms with Gasteiger partial charge in [-0.3, -0.25) is 4.90 Å². The number of halogens is 1. The van der Waals surface area contributed by atoms with Gasteiger partial charge in [-0.15, -0.1) is 13.2 Å². The molecule has 4 nitrogen and oxygen atoms in total. The fourth-order valence-electron chi connectivity index (χ4n) is 3.21. The van der Waals surface area contributed by atoms with Crippen molar-refractivity contribution in [3.8, 4) is 0 Å². The molecule has 152 valence electrons. The summed E-state index contributed by atoms with van der Waals surface area (Å²) in [5.74, 6) is 0.992. The maximum absolute atomic E-state index is 14.1. The summed E-state index contributed by atoms with van der Waals surface area (Å²) < 4.78 is 25.2. The second-order valence-electron chi connectivity index (χ2n) is 6.93. The first kappa shape index (κ1) is 22.1. The first-order valence-electron chi connectivity index (χ1n) is 9.50. The number of benzene rings is 1. The number of hydrogen-bond donors (Lipinski definition) is 1. The molecule has 0 aliphatic carbocycles. The van der Waals surface area contributed by atoms with Crippen molar-refractivity contribution in [3.05, 3.63) is 84.6 Å². The predicted molar refractivity (Wildman–Crippen MR) is 109 cm³/mol. The number of ether oxygens (including phenoxy) is 1. The van der Waals surface area contributed by atoms with E-state index in [0.717, 1.165) is 18.7 Å². The van der Waals surface area contributed by atoms with Gasteiger partial charge in [0.25, 0.3) is 0 Å². The number of rotatable bonds is 13. The van der Waals surface area contributed by atoms with Gasteiger partial charge in [-0.05, 0) is 24.6 Å². The van der Waals surface area contributed by atoms with E-state index < -0.39 is 5.60 Å². The van der Waals surface area contributed by atoms with Crippen molar-refractivity contribution in [1.82, 2.24) is 4.90 Å². The van der Waals surface area contributed by atoms with E-state index in [1.807, 2.05) is 12.1 Å². The van der Waals surface area contributed by atoms with Crippen LogP contribution in [-0.2, 0) is 23.4 Å². The standard InChI is InChI=1S/C23H30FNO3/c1-4-13-23(26,14-5-2)22-12-11-20(28-22)18-25(15-8-16-27-3)17-19-9-6-7-10-21(19)24/h4-7,9-12,26H,1-2,8,13-18H2,3H3. The minimum absolute atomic E-state index is 0.217. The highest BCUT2D eigenvalue weighted by Crippen LogP contribution is 2.31. The predicted octanol–water partition coefficient (Wildman–Crippen LogP) is 4.80. The molecule has 1 N–H and O–H groups in total. The van der Waals surface area contributed by atoms with Gasteiger partial charge in [0.15, 0.2) is 0 Å². The molecule has 0 aliphatic heterocycles. The Bertz CT molecular complexity index is 746. The Morgan fingerprint density at radius 3 is 2.50 bits per heavy atom. The quantitative estimate of drug-likeness (QED) is 0.396. The van der Waals surface area contributed by atoms with Gasteiger partial charge in [-0.25, -0.2) is 4.39 Å². The Hall–Kier alpha value is -2.21. The molecule has 0 amide bonds. The highest BCUT2D eigenvalue weighted by molar-refractivity contribution is 5.19. The van der Waals surface area contributed by atoms with E-state index in [0.29, 0.717) is 43.9 Å². The van der Waals surface area contributed by atoms with Crippen molar-refractivity contribution in [2.24, 2.45) is 0 Å². The molecule has 0 fully saturated rings. The number of aliphatic hydroxyl groups is 1. The summed E-state index contributed by atoms with van der Waals surface area (Å²) in [5.41, 5.74) is -0.504. The molecule has 1 aromatic carbocycles. The molecular formula is C23H30FNO3. The minimum Gasteiger partial charge on any atom is -0.462 e. The van der Waals surface area contributed by atoms with Crippen LogP contribution in [0.2, 0.25) is 0 Å². The van der Waals surface area contributed by atoms with Gasteiger partial charge in [0, 0.05) is 45.2 Å². The van der Waals surface area contributed by atoms with Crippen LogP contribution in [0.3, 0.4) is 0 Å². The first-order chi connectivity index (χ1) is 13.5. The Morgan fingerprint density at radius 1 is 1.14 bits per heavy atom. The van der Waals surface area contributed by atoms with Gasteiger partial charge in [-0.2, -0.15) is 0 Å². The molecule has 0 saturated heterocycles. The van der Waals surface area contributed by atoms with Gasteiger partial charge in [0.2, 0.25) is 0 Å². The lowest BCUT2D eigenvalue weighted by atomic mass is 9.93. The largest absolute Gasteiger partial charge is 0.462 e. The molecular weight excluding hydrogens is 357 g/mol. The third kappa shape index (κ3) is 6.16. The van der Waals surface area contributed by atoms with E-state index in [1.54, 1.807) is 37.5 Å². The molecule has 0 aliphatic rings. The number of nitrogens with zero attached hydrogens (tertiary/aromatic N) is 1. The van der Waals surface area contributed by atoms with E-state index in [4.69, 9.17) is 9.15 Å². The highest BCUT2D eigenvalue weighted by atomic mass is 19.1. The Morgan fingerprint density at radius 2 is 1.86 bits per heavy atom. The lowest BCUT2D eigenvalue weighted by Crippen LogP contribution is -2.25. The van der Waals surface area contributed by atoms with Crippen LogP contribution >= 0.6 is 0 Å². The molecule has 1 heterocycles. The van der Waals surface area contributed by atoms with Crippen LogP contribution in [0, 0.1) is 5.82 Å². The highest BCUT2D eigenvalue weighted by Gasteiger charge is 2.30. The minimum atomic E-state index is -1.14. The summed E-state index contributed by atoms with van der Waals surface area (Å²) in [6.45, 7) is 9.78. The van der Waals surface area contributed by atoms with Crippen molar-refractivity contribution in [2.75, 3.05) is 20.3 Å². The molecule has 0 bridgehead atoms. The molecule has 2 rings (SSSR count). The first-order valence-corrected chi connectivity index (χ1v) is 9.50. The smallest absolute Gasteiger partial charge is 0.136 e. The van der Waals surface area contributed by atoms with Crippen molar-refractivity contribution >= 4 is 0 Å². The third-order valence-corrected chi connectivity index (χ3v) is 4.64. The zero-order valence-corrected chi connectivity index (χ0v) is 16.6. The Labute approximate surface area is 166 Å². The summed E-state index contributed by atoms with van der Waals surface area (Å²) in [6.07, 6.45) is 4.91. The van der Waals surface area contributed by atoms with Crippen molar-refractivity contribution in [2.45, 2.75) is 38.0 Å². The molecule has 28 heavy (non-hydrogen) atoms. The summed E-state index contributed by atoms with van der Waals surface area (Å²) in [7, 11) is 1.67. The van der Waals surface area contributed by atoms with E-state index in [9.17, 15) is 9.50 Å². The lowest BCUT2D eigenvalue weighted by Gasteiger charge is -2.24. The van der Waals surface area contributed by atoms with Crippen LogP contribution in [0.1, 0.15) is 36.3 Å². The van der Waals surface area contributed by atoms with Gasteiger partial charge in [-0.1, -0.05) is 30.4 Å². The summed E-state index contributed by atoms with van der Waals surface area (Å²) >= 11 is 0. The topological polar surface area (TPSA) is 45.8 Å².